The van der Waals surface area contributed by atoms with Gasteiger partial charge in [-0.25, -0.2) is 4.39 Å². The normalized spacial score (nSPS) is 15.1. The van der Waals surface area contributed by atoms with E-state index in [9.17, 15) is 14.0 Å². The zero-order valence-electron chi connectivity index (χ0n) is 18.2. The molecule has 1 aliphatic heterocycles. The highest BCUT2D eigenvalue weighted by molar-refractivity contribution is 6.08. The van der Waals surface area contributed by atoms with Crippen molar-refractivity contribution in [2.45, 2.75) is 6.04 Å². The van der Waals surface area contributed by atoms with Gasteiger partial charge in [0, 0.05) is 29.2 Å². The third-order valence-corrected chi connectivity index (χ3v) is 6.07. The first-order valence-electron chi connectivity index (χ1n) is 10.6. The number of anilines is 1. The number of benzene rings is 3. The first-order valence-corrected chi connectivity index (χ1v) is 10.6. The Morgan fingerprint density at radius 2 is 1.73 bits per heavy atom. The van der Waals surface area contributed by atoms with Gasteiger partial charge in [0.2, 0.25) is 5.91 Å². The molecule has 0 unspecified atom stereocenters. The Kier molecular flexibility index (Phi) is 5.09. The standard InChI is InChI=1S/C26H22FN3O3/c1-29-21-6-4-3-5-20(21)23-24(16-7-13-19(33-2)14-8-16)30(26(32)25(23)29)15-22(31)28-18-11-9-17(27)10-12-18/h3-14,24H,15H2,1-2H3,(H,28,31)/t24-/m1/s1. The molecule has 0 radical (unpaired) electrons. The molecule has 7 heteroatoms. The van der Waals surface area contributed by atoms with Crippen molar-refractivity contribution in [3.8, 4) is 5.75 Å². The van der Waals surface area contributed by atoms with E-state index < -0.39 is 6.04 Å². The third kappa shape index (κ3) is 3.51. The second kappa shape index (κ2) is 8.09. The van der Waals surface area contributed by atoms with Gasteiger partial charge in [-0.1, -0.05) is 30.3 Å². The van der Waals surface area contributed by atoms with Crippen LogP contribution in [0.2, 0.25) is 0 Å². The smallest absolute Gasteiger partial charge is 0.272 e. The maximum Gasteiger partial charge on any atom is 0.272 e. The summed E-state index contributed by atoms with van der Waals surface area (Å²) < 4.78 is 20.4. The highest BCUT2D eigenvalue weighted by Gasteiger charge is 2.42. The fourth-order valence-corrected chi connectivity index (χ4v) is 4.55. The van der Waals surface area contributed by atoms with E-state index in [0.717, 1.165) is 22.0 Å². The molecule has 6 nitrogen and oxygen atoms in total. The summed E-state index contributed by atoms with van der Waals surface area (Å²) in [5.41, 5.74) is 3.78. The lowest BCUT2D eigenvalue weighted by Crippen LogP contribution is -2.37. The third-order valence-electron chi connectivity index (χ3n) is 6.07. The Morgan fingerprint density at radius 1 is 1.03 bits per heavy atom. The summed E-state index contributed by atoms with van der Waals surface area (Å²) in [6.45, 7) is -0.143. The van der Waals surface area contributed by atoms with E-state index in [4.69, 9.17) is 4.74 Å². The van der Waals surface area contributed by atoms with Crippen LogP contribution in [0.25, 0.3) is 10.9 Å². The number of hydrogen-bond acceptors (Lipinski definition) is 3. The first-order chi connectivity index (χ1) is 16.0. The molecule has 33 heavy (non-hydrogen) atoms. The van der Waals surface area contributed by atoms with Gasteiger partial charge in [-0.3, -0.25) is 9.59 Å². The molecular formula is C26H22FN3O3. The molecule has 0 spiro atoms. The van der Waals surface area contributed by atoms with Gasteiger partial charge in [0.25, 0.3) is 5.91 Å². The van der Waals surface area contributed by atoms with Crippen LogP contribution in [0.5, 0.6) is 5.75 Å². The van der Waals surface area contributed by atoms with Crippen LogP contribution in [0.15, 0.2) is 72.8 Å². The number of fused-ring (bicyclic) bond motifs is 3. The minimum absolute atomic E-state index is 0.143. The maximum absolute atomic E-state index is 13.6. The SMILES string of the molecule is COc1ccc([C@@H]2c3c(n(C)c4ccccc34)C(=O)N2CC(=O)Nc2ccc(F)cc2)cc1. The van der Waals surface area contributed by atoms with Gasteiger partial charge >= 0.3 is 0 Å². The highest BCUT2D eigenvalue weighted by Crippen LogP contribution is 2.44. The van der Waals surface area contributed by atoms with Crippen molar-refractivity contribution < 1.29 is 18.7 Å². The minimum Gasteiger partial charge on any atom is -0.497 e. The topological polar surface area (TPSA) is 63.6 Å². The number of ether oxygens (including phenoxy) is 1. The molecule has 4 aromatic rings. The van der Waals surface area contributed by atoms with Gasteiger partial charge in [-0.15, -0.1) is 0 Å². The molecule has 1 atom stereocenters. The lowest BCUT2D eigenvalue weighted by Gasteiger charge is -2.26. The Morgan fingerprint density at radius 3 is 2.42 bits per heavy atom. The fourth-order valence-electron chi connectivity index (χ4n) is 4.55. The molecular weight excluding hydrogens is 421 g/mol. The molecule has 166 valence electrons. The molecule has 0 aliphatic carbocycles. The quantitative estimate of drug-likeness (QED) is 0.494. The van der Waals surface area contributed by atoms with E-state index in [1.807, 2.05) is 60.1 Å². The van der Waals surface area contributed by atoms with E-state index in [1.54, 1.807) is 12.0 Å². The summed E-state index contributed by atoms with van der Waals surface area (Å²) in [4.78, 5) is 28.0. The van der Waals surface area contributed by atoms with Gasteiger partial charge in [-0.2, -0.15) is 0 Å². The summed E-state index contributed by atoms with van der Waals surface area (Å²) in [7, 11) is 3.47. The molecule has 1 aromatic heterocycles. The van der Waals surface area contributed by atoms with E-state index in [2.05, 4.69) is 5.32 Å². The Labute approximate surface area is 190 Å². The molecule has 0 fully saturated rings. The minimum atomic E-state index is -0.427. The second-order valence-corrected chi connectivity index (χ2v) is 8.00. The van der Waals surface area contributed by atoms with Gasteiger partial charge in [0.1, 0.15) is 23.8 Å². The number of para-hydroxylation sites is 1. The van der Waals surface area contributed by atoms with Crippen molar-refractivity contribution in [1.29, 1.82) is 0 Å². The number of hydrogen-bond donors (Lipinski definition) is 1. The maximum atomic E-state index is 13.6. The summed E-state index contributed by atoms with van der Waals surface area (Å²) in [5.74, 6) is -0.240. The monoisotopic (exact) mass is 443 g/mol. The number of rotatable bonds is 5. The fraction of sp³-hybridized carbons (Fsp3) is 0.154. The van der Waals surface area contributed by atoms with Gasteiger partial charge < -0.3 is 19.5 Å². The number of carbonyl (C=O) groups is 2. The largest absolute Gasteiger partial charge is 0.497 e. The van der Waals surface area contributed by atoms with Crippen LogP contribution in [-0.2, 0) is 11.8 Å². The number of amides is 2. The molecule has 0 saturated carbocycles. The molecule has 0 saturated heterocycles. The number of nitrogens with one attached hydrogen (secondary N) is 1. The molecule has 1 N–H and O–H groups in total. The van der Waals surface area contributed by atoms with Crippen molar-refractivity contribution in [2.75, 3.05) is 19.0 Å². The summed E-state index contributed by atoms with van der Waals surface area (Å²) in [6.07, 6.45) is 0. The number of aromatic nitrogens is 1. The van der Waals surface area contributed by atoms with Crippen LogP contribution in [0.4, 0.5) is 10.1 Å². The van der Waals surface area contributed by atoms with Crippen LogP contribution in [0, 0.1) is 5.82 Å². The predicted octanol–water partition coefficient (Wildman–Crippen LogP) is 4.51. The zero-order valence-corrected chi connectivity index (χ0v) is 18.2. The summed E-state index contributed by atoms with van der Waals surface area (Å²) in [6, 6.07) is 20.5. The molecule has 1 aliphatic rings. The molecule has 2 amide bonds. The number of methoxy groups -OCH3 is 1. The number of halogens is 1. The first kappa shape index (κ1) is 20.8. The van der Waals surface area contributed by atoms with Crippen LogP contribution in [-0.4, -0.2) is 34.9 Å². The Bertz CT molecular complexity index is 1360. The zero-order chi connectivity index (χ0) is 23.1. The number of carbonyl (C=O) groups excluding carboxylic acids is 2. The molecule has 0 bridgehead atoms. The van der Waals surface area contributed by atoms with Crippen molar-refractivity contribution >= 4 is 28.4 Å². The number of nitrogens with zero attached hydrogens (tertiary/aromatic N) is 2. The van der Waals surface area contributed by atoms with Crippen LogP contribution >= 0.6 is 0 Å². The summed E-state index contributed by atoms with van der Waals surface area (Å²) in [5, 5.41) is 3.73. The van der Waals surface area contributed by atoms with E-state index >= 15 is 0 Å². The summed E-state index contributed by atoms with van der Waals surface area (Å²) >= 11 is 0. The average molecular weight is 443 g/mol. The van der Waals surface area contributed by atoms with E-state index in [0.29, 0.717) is 17.1 Å². The molecule has 2 heterocycles. The van der Waals surface area contributed by atoms with Gasteiger partial charge in [0.15, 0.2) is 0 Å². The van der Waals surface area contributed by atoms with Gasteiger partial charge in [0.05, 0.1) is 13.2 Å². The van der Waals surface area contributed by atoms with Crippen molar-refractivity contribution in [3.63, 3.8) is 0 Å². The van der Waals surface area contributed by atoms with Crippen LogP contribution < -0.4 is 10.1 Å². The van der Waals surface area contributed by atoms with Crippen molar-refractivity contribution in [2.24, 2.45) is 7.05 Å². The average Bonchev–Trinajstić information content (AvgIpc) is 3.28. The van der Waals surface area contributed by atoms with E-state index in [-0.39, 0.29) is 24.2 Å². The molecule has 3 aromatic carbocycles. The van der Waals surface area contributed by atoms with Crippen LogP contribution in [0.3, 0.4) is 0 Å². The van der Waals surface area contributed by atoms with Crippen molar-refractivity contribution in [1.82, 2.24) is 9.47 Å². The molecule has 5 rings (SSSR count). The Balaban J connectivity index is 1.55. The highest BCUT2D eigenvalue weighted by atomic mass is 19.1. The lowest BCUT2D eigenvalue weighted by molar-refractivity contribution is -0.117. The lowest BCUT2D eigenvalue weighted by atomic mass is 9.98. The van der Waals surface area contributed by atoms with Gasteiger partial charge in [-0.05, 0) is 48.0 Å². The van der Waals surface area contributed by atoms with E-state index in [1.165, 1.54) is 24.3 Å². The predicted molar refractivity (Wildman–Crippen MR) is 124 cm³/mol. The van der Waals surface area contributed by atoms with Crippen LogP contribution in [0.1, 0.15) is 27.7 Å². The Hall–Kier alpha value is -4.13. The number of aryl methyl sites for hydroxylation is 1. The van der Waals surface area contributed by atoms with Crippen molar-refractivity contribution in [3.05, 3.63) is 95.4 Å². The second-order valence-electron chi connectivity index (χ2n) is 8.00.